The maximum absolute atomic E-state index is 14.9. The Balaban J connectivity index is 1.91. The molecule has 2 saturated heterocycles. The Morgan fingerprint density at radius 2 is 1.90 bits per heavy atom. The average Bonchev–Trinajstić information content (AvgIpc) is 2.69. The zero-order valence-corrected chi connectivity index (χ0v) is 18.8. The minimum atomic E-state index is -0.512. The third-order valence-electron chi connectivity index (χ3n) is 6.29. The molecule has 0 bridgehead atoms. The molecule has 0 radical (unpaired) electrons. The van der Waals surface area contributed by atoms with Crippen LogP contribution >= 0.6 is 12.2 Å². The van der Waals surface area contributed by atoms with Gasteiger partial charge in [0.25, 0.3) is 5.69 Å². The third-order valence-corrected chi connectivity index (χ3v) is 6.74. The lowest BCUT2D eigenvalue weighted by atomic mass is 9.96. The Kier molecular flexibility index (Phi) is 7.86. The first-order valence-electron chi connectivity index (χ1n) is 11.1. The molecule has 3 rings (SSSR count). The zero-order valence-electron chi connectivity index (χ0n) is 17.9. The maximum Gasteiger partial charge on any atom is 0.295 e. The number of halogens is 1. The second-order valence-corrected chi connectivity index (χ2v) is 8.71. The summed E-state index contributed by atoms with van der Waals surface area (Å²) in [6.45, 7) is 6.70. The molecule has 0 amide bonds. The van der Waals surface area contributed by atoms with Gasteiger partial charge in [0.05, 0.1) is 23.3 Å². The lowest BCUT2D eigenvalue weighted by Crippen LogP contribution is -2.38. The molecule has 30 heavy (non-hydrogen) atoms. The van der Waals surface area contributed by atoms with Crippen LogP contribution < -0.4 is 9.80 Å². The number of ether oxygens (including phenoxy) is 1. The van der Waals surface area contributed by atoms with Crippen molar-refractivity contribution in [2.24, 2.45) is 5.92 Å². The van der Waals surface area contributed by atoms with Crippen molar-refractivity contribution in [2.75, 3.05) is 36.0 Å². The van der Waals surface area contributed by atoms with E-state index in [0.29, 0.717) is 29.6 Å². The van der Waals surface area contributed by atoms with E-state index in [9.17, 15) is 14.5 Å². The molecule has 2 heterocycles. The highest BCUT2D eigenvalue weighted by molar-refractivity contribution is 7.80. The van der Waals surface area contributed by atoms with E-state index in [4.69, 9.17) is 17.0 Å². The largest absolute Gasteiger partial charge is 0.487 e. The minimum absolute atomic E-state index is 0.162. The molecule has 0 saturated carbocycles. The van der Waals surface area contributed by atoms with Crippen molar-refractivity contribution < 1.29 is 14.1 Å². The smallest absolute Gasteiger partial charge is 0.295 e. The molecule has 1 aromatic carbocycles. The summed E-state index contributed by atoms with van der Waals surface area (Å²) in [5.41, 5.74) is 0.828. The molecular weight excluding hydrogens is 405 g/mol. The number of nitro groups is 1. The normalized spacial score (nSPS) is 22.9. The molecule has 6 nitrogen and oxygen atoms in total. The molecule has 2 aliphatic rings. The van der Waals surface area contributed by atoms with Gasteiger partial charge in [0.1, 0.15) is 5.69 Å². The van der Waals surface area contributed by atoms with Gasteiger partial charge in [-0.25, -0.2) is 4.39 Å². The molecule has 166 valence electrons. The second kappa shape index (κ2) is 10.4. The van der Waals surface area contributed by atoms with Crippen LogP contribution in [-0.2, 0) is 4.74 Å². The highest BCUT2D eigenvalue weighted by atomic mass is 32.1. The van der Waals surface area contributed by atoms with E-state index in [2.05, 4.69) is 11.8 Å². The van der Waals surface area contributed by atoms with Gasteiger partial charge in [-0.1, -0.05) is 6.42 Å². The fourth-order valence-electron chi connectivity index (χ4n) is 4.61. The van der Waals surface area contributed by atoms with E-state index in [1.54, 1.807) is 6.07 Å². The van der Waals surface area contributed by atoms with Crippen molar-refractivity contribution in [1.82, 2.24) is 0 Å². The van der Waals surface area contributed by atoms with Crippen molar-refractivity contribution in [2.45, 2.75) is 64.8 Å². The van der Waals surface area contributed by atoms with Gasteiger partial charge >= 0.3 is 0 Å². The number of benzene rings is 1. The number of anilines is 2. The van der Waals surface area contributed by atoms with Gasteiger partial charge in [-0.15, -0.1) is 0 Å². The van der Waals surface area contributed by atoms with Gasteiger partial charge < -0.3 is 14.5 Å². The zero-order chi connectivity index (χ0) is 21.7. The van der Waals surface area contributed by atoms with E-state index in [1.807, 2.05) is 11.8 Å². The molecule has 1 aromatic rings. The number of hydrogen-bond donors (Lipinski definition) is 0. The summed E-state index contributed by atoms with van der Waals surface area (Å²) in [6.07, 6.45) is 6.81. The lowest BCUT2D eigenvalue weighted by Gasteiger charge is -2.36. The van der Waals surface area contributed by atoms with Gasteiger partial charge in [0.15, 0.2) is 10.9 Å². The Bertz CT molecular complexity index is 776. The third kappa shape index (κ3) is 5.20. The van der Waals surface area contributed by atoms with Crippen molar-refractivity contribution in [3.8, 4) is 0 Å². The standard InChI is InChI=1S/C22H32FN3O3S/c1-3-29-22(30)17-9-5-6-11-24(13-10-17)20-15-19(18(23)14-21(20)26(27)28)25-12-7-4-8-16(25)2/h14-17H,3-13H2,1-2H3. The van der Waals surface area contributed by atoms with Gasteiger partial charge in [0, 0.05) is 31.6 Å². The quantitative estimate of drug-likeness (QED) is 0.346. The number of hydrogen-bond acceptors (Lipinski definition) is 6. The first-order chi connectivity index (χ1) is 14.4. The van der Waals surface area contributed by atoms with Crippen molar-refractivity contribution in [1.29, 1.82) is 0 Å². The number of nitro benzene ring substituents is 1. The van der Waals surface area contributed by atoms with Crippen molar-refractivity contribution in [3.05, 3.63) is 28.1 Å². The molecule has 8 heteroatoms. The predicted octanol–water partition coefficient (Wildman–Crippen LogP) is 5.47. The summed E-state index contributed by atoms with van der Waals surface area (Å²) in [7, 11) is 0. The fraction of sp³-hybridized carbons (Fsp3) is 0.682. The first kappa shape index (κ1) is 22.7. The van der Waals surface area contributed by atoms with Crippen molar-refractivity contribution in [3.63, 3.8) is 0 Å². The molecule has 2 aliphatic heterocycles. The number of thiocarbonyl (C=S) groups is 1. The minimum Gasteiger partial charge on any atom is -0.487 e. The van der Waals surface area contributed by atoms with Gasteiger partial charge in [-0.3, -0.25) is 10.1 Å². The van der Waals surface area contributed by atoms with Gasteiger partial charge in [-0.2, -0.15) is 0 Å². The number of nitrogens with zero attached hydrogens (tertiary/aromatic N) is 3. The molecule has 2 fully saturated rings. The molecule has 0 spiro atoms. The van der Waals surface area contributed by atoms with E-state index in [-0.39, 0.29) is 17.6 Å². The molecular formula is C22H32FN3O3S. The highest BCUT2D eigenvalue weighted by Crippen LogP contribution is 2.38. The maximum atomic E-state index is 14.9. The van der Waals surface area contributed by atoms with Crippen molar-refractivity contribution >= 4 is 34.3 Å². The second-order valence-electron chi connectivity index (χ2n) is 8.31. The summed E-state index contributed by atoms with van der Waals surface area (Å²) in [5, 5.41) is 12.4. The van der Waals surface area contributed by atoms with Crippen LogP contribution in [0.3, 0.4) is 0 Å². The molecule has 0 aromatic heterocycles. The van der Waals surface area contributed by atoms with Crippen LogP contribution in [0.15, 0.2) is 12.1 Å². The molecule has 2 unspecified atom stereocenters. The first-order valence-corrected chi connectivity index (χ1v) is 11.5. The number of rotatable bonds is 5. The Morgan fingerprint density at radius 1 is 1.17 bits per heavy atom. The fourth-order valence-corrected chi connectivity index (χ4v) is 4.97. The Morgan fingerprint density at radius 3 is 2.60 bits per heavy atom. The molecule has 2 atom stereocenters. The predicted molar refractivity (Wildman–Crippen MR) is 122 cm³/mol. The summed E-state index contributed by atoms with van der Waals surface area (Å²) < 4.78 is 20.5. The Labute approximate surface area is 183 Å². The molecule has 0 N–H and O–H groups in total. The van der Waals surface area contributed by atoms with Crippen LogP contribution in [0, 0.1) is 21.8 Å². The van der Waals surface area contributed by atoms with E-state index in [1.165, 1.54) is 0 Å². The van der Waals surface area contributed by atoms with Crippen LogP contribution in [-0.4, -0.2) is 42.3 Å². The van der Waals surface area contributed by atoms with Crippen LogP contribution in [0.25, 0.3) is 0 Å². The SMILES string of the molecule is CCOC(=S)C1CCCCN(c2cc(N3CCCCC3C)c(F)cc2[N+](=O)[O-])CC1. The summed E-state index contributed by atoms with van der Waals surface area (Å²) >= 11 is 5.43. The average molecular weight is 438 g/mol. The van der Waals surface area contributed by atoms with Crippen LogP contribution in [0.1, 0.15) is 58.8 Å². The molecule has 0 aliphatic carbocycles. The van der Waals surface area contributed by atoms with Gasteiger partial charge in [0.2, 0.25) is 0 Å². The van der Waals surface area contributed by atoms with E-state index in [0.717, 1.165) is 64.1 Å². The number of piperidine rings is 1. The lowest BCUT2D eigenvalue weighted by molar-refractivity contribution is -0.384. The summed E-state index contributed by atoms with van der Waals surface area (Å²) in [5.74, 6) is -0.342. The van der Waals surface area contributed by atoms with Crippen LogP contribution in [0.4, 0.5) is 21.5 Å². The Hall–Kier alpha value is -1.96. The van der Waals surface area contributed by atoms with Gasteiger partial charge in [-0.05, 0) is 70.7 Å². The highest BCUT2D eigenvalue weighted by Gasteiger charge is 2.29. The topological polar surface area (TPSA) is 58.8 Å². The van der Waals surface area contributed by atoms with E-state index >= 15 is 0 Å². The monoisotopic (exact) mass is 437 g/mol. The van der Waals surface area contributed by atoms with Crippen LogP contribution in [0.5, 0.6) is 0 Å². The van der Waals surface area contributed by atoms with E-state index < -0.39 is 10.7 Å². The van der Waals surface area contributed by atoms with Crippen LogP contribution in [0.2, 0.25) is 0 Å². The summed E-state index contributed by atoms with van der Waals surface area (Å²) in [4.78, 5) is 15.4. The summed E-state index contributed by atoms with van der Waals surface area (Å²) in [6, 6.07) is 3.03.